The molecule has 0 bridgehead atoms. The average molecular weight is 259 g/mol. The number of carbonyl (C=O) groups excluding carboxylic acids is 1. The van der Waals surface area contributed by atoms with Crippen LogP contribution in [0.1, 0.15) is 10.4 Å². The number of carbonyl (C=O) groups is 1. The second-order valence-corrected chi connectivity index (χ2v) is 3.67. The molecule has 0 amide bonds. The first-order valence-electron chi connectivity index (χ1n) is 5.28. The average Bonchev–Trinajstić information content (AvgIpc) is 2.42. The molecule has 6 nitrogen and oxygen atoms in total. The molecule has 1 aromatic heterocycles. The standard InChI is InChI=1S/C13H9NO5/c1-3-6-14-10-5-4-8(11(15)18-2)7-9(10)12(16)19-13(14)17/h1,4-5,7H,6H2,2H3. The molecule has 0 saturated heterocycles. The topological polar surface area (TPSA) is 78.5 Å². The summed E-state index contributed by atoms with van der Waals surface area (Å²) in [6.45, 7) is -0.0311. The van der Waals surface area contributed by atoms with Crippen LogP contribution in [-0.2, 0) is 11.3 Å². The first-order chi connectivity index (χ1) is 9.08. The van der Waals surface area contributed by atoms with Crippen LogP contribution in [0.2, 0.25) is 0 Å². The van der Waals surface area contributed by atoms with Gasteiger partial charge in [-0.15, -0.1) is 6.42 Å². The van der Waals surface area contributed by atoms with Crippen LogP contribution >= 0.6 is 0 Å². The molecule has 0 aliphatic rings. The third-order valence-electron chi connectivity index (χ3n) is 2.58. The van der Waals surface area contributed by atoms with Crippen molar-refractivity contribution in [3.05, 3.63) is 44.7 Å². The lowest BCUT2D eigenvalue weighted by molar-refractivity contribution is 0.0601. The number of methoxy groups -OCH3 is 1. The van der Waals surface area contributed by atoms with Gasteiger partial charge in [-0.2, -0.15) is 0 Å². The molecule has 0 atom stereocenters. The Morgan fingerprint density at radius 2 is 2.21 bits per heavy atom. The van der Waals surface area contributed by atoms with Gasteiger partial charge in [-0.05, 0) is 18.2 Å². The van der Waals surface area contributed by atoms with E-state index < -0.39 is 17.4 Å². The molecule has 6 heteroatoms. The van der Waals surface area contributed by atoms with Crippen LogP contribution in [0.5, 0.6) is 0 Å². The number of benzene rings is 1. The Morgan fingerprint density at radius 1 is 1.47 bits per heavy atom. The molecular formula is C13H9NO5. The largest absolute Gasteiger partial charge is 0.465 e. The zero-order valence-corrected chi connectivity index (χ0v) is 10.0. The monoisotopic (exact) mass is 259 g/mol. The molecule has 0 spiro atoms. The van der Waals surface area contributed by atoms with E-state index in [4.69, 9.17) is 6.42 Å². The fourth-order valence-corrected chi connectivity index (χ4v) is 1.71. The van der Waals surface area contributed by atoms with Gasteiger partial charge in [0.1, 0.15) is 0 Å². The lowest BCUT2D eigenvalue weighted by Gasteiger charge is -2.06. The zero-order valence-electron chi connectivity index (χ0n) is 10.0. The molecule has 1 heterocycles. The summed E-state index contributed by atoms with van der Waals surface area (Å²) in [5.74, 6) is 0.875. The Morgan fingerprint density at radius 3 is 2.84 bits per heavy atom. The smallest absolute Gasteiger partial charge is 0.423 e. The molecule has 0 aliphatic heterocycles. The number of rotatable bonds is 2. The van der Waals surface area contributed by atoms with E-state index in [9.17, 15) is 14.4 Å². The fourth-order valence-electron chi connectivity index (χ4n) is 1.71. The molecule has 2 aromatic rings. The summed E-state index contributed by atoms with van der Waals surface area (Å²) in [5, 5.41) is 0.0951. The predicted molar refractivity (Wildman–Crippen MR) is 66.9 cm³/mol. The summed E-state index contributed by atoms with van der Waals surface area (Å²) in [7, 11) is 1.23. The predicted octanol–water partition coefficient (Wildman–Crippen LogP) is 0.374. The van der Waals surface area contributed by atoms with Crippen LogP contribution in [0.25, 0.3) is 10.9 Å². The van der Waals surface area contributed by atoms with E-state index in [-0.39, 0.29) is 17.5 Å². The van der Waals surface area contributed by atoms with Crippen LogP contribution in [0.15, 0.2) is 32.2 Å². The lowest BCUT2D eigenvalue weighted by Crippen LogP contribution is -2.25. The molecule has 2 rings (SSSR count). The van der Waals surface area contributed by atoms with E-state index in [1.54, 1.807) is 0 Å². The number of aromatic nitrogens is 1. The summed E-state index contributed by atoms with van der Waals surface area (Å²) < 4.78 is 10.2. The third-order valence-corrected chi connectivity index (χ3v) is 2.58. The summed E-state index contributed by atoms with van der Waals surface area (Å²) in [4.78, 5) is 34.6. The maximum Gasteiger partial charge on any atom is 0.423 e. The fraction of sp³-hybridized carbons (Fsp3) is 0.154. The van der Waals surface area contributed by atoms with Gasteiger partial charge in [0.15, 0.2) is 0 Å². The number of hydrogen-bond acceptors (Lipinski definition) is 5. The van der Waals surface area contributed by atoms with Gasteiger partial charge in [-0.3, -0.25) is 4.57 Å². The van der Waals surface area contributed by atoms with Gasteiger partial charge in [0.2, 0.25) is 0 Å². The van der Waals surface area contributed by atoms with E-state index >= 15 is 0 Å². The minimum absolute atomic E-state index is 0.0311. The van der Waals surface area contributed by atoms with Gasteiger partial charge >= 0.3 is 17.4 Å². The van der Waals surface area contributed by atoms with Crippen molar-refractivity contribution in [3.63, 3.8) is 0 Å². The van der Waals surface area contributed by atoms with Crippen LogP contribution < -0.4 is 11.4 Å². The first-order valence-corrected chi connectivity index (χ1v) is 5.28. The van der Waals surface area contributed by atoms with Gasteiger partial charge < -0.3 is 9.15 Å². The van der Waals surface area contributed by atoms with Crippen LogP contribution in [0.3, 0.4) is 0 Å². The Bertz CT molecular complexity index is 806. The number of terminal acetylenes is 1. The minimum atomic E-state index is -0.832. The first kappa shape index (κ1) is 12.6. The van der Waals surface area contributed by atoms with E-state index in [2.05, 4.69) is 15.1 Å². The van der Waals surface area contributed by atoms with Crippen molar-refractivity contribution in [1.29, 1.82) is 0 Å². The van der Waals surface area contributed by atoms with Gasteiger partial charge in [-0.25, -0.2) is 14.4 Å². The van der Waals surface area contributed by atoms with Crippen LogP contribution in [0, 0.1) is 12.3 Å². The molecule has 0 fully saturated rings. The molecule has 1 aromatic carbocycles. The Hall–Kier alpha value is -2.81. The summed E-state index contributed by atoms with van der Waals surface area (Å²) in [6.07, 6.45) is 5.15. The van der Waals surface area contributed by atoms with Crippen molar-refractivity contribution in [2.24, 2.45) is 0 Å². The van der Waals surface area contributed by atoms with E-state index in [0.717, 1.165) is 4.57 Å². The Labute approximate surface area is 107 Å². The Kier molecular flexibility index (Phi) is 3.21. The quantitative estimate of drug-likeness (QED) is 0.575. The van der Waals surface area contributed by atoms with E-state index in [1.165, 1.54) is 25.3 Å². The summed E-state index contributed by atoms with van der Waals surface area (Å²) in [6, 6.07) is 4.21. The molecule has 0 radical (unpaired) electrons. The molecular weight excluding hydrogens is 250 g/mol. The molecule has 96 valence electrons. The van der Waals surface area contributed by atoms with Crippen LogP contribution in [-0.4, -0.2) is 17.6 Å². The lowest BCUT2D eigenvalue weighted by atomic mass is 10.1. The summed E-state index contributed by atoms with van der Waals surface area (Å²) >= 11 is 0. The Balaban J connectivity index is 2.82. The second-order valence-electron chi connectivity index (χ2n) is 3.67. The highest BCUT2D eigenvalue weighted by atomic mass is 16.5. The number of fused-ring (bicyclic) bond motifs is 1. The molecule has 0 N–H and O–H groups in total. The normalized spacial score (nSPS) is 10.1. The van der Waals surface area contributed by atoms with Gasteiger partial charge in [0.25, 0.3) is 0 Å². The van der Waals surface area contributed by atoms with E-state index in [0.29, 0.717) is 5.52 Å². The molecule has 0 saturated carbocycles. The SMILES string of the molecule is C#CCn1c(=O)oc(=O)c2cc(C(=O)OC)ccc21. The second kappa shape index (κ2) is 4.82. The van der Waals surface area contributed by atoms with Gasteiger partial charge in [0, 0.05) is 0 Å². The van der Waals surface area contributed by atoms with Crippen molar-refractivity contribution in [2.75, 3.05) is 7.11 Å². The van der Waals surface area contributed by atoms with Crippen molar-refractivity contribution in [2.45, 2.75) is 6.54 Å². The van der Waals surface area contributed by atoms with Crippen molar-refractivity contribution < 1.29 is 13.9 Å². The maximum atomic E-state index is 11.6. The van der Waals surface area contributed by atoms with Gasteiger partial charge in [-0.1, -0.05) is 5.92 Å². The number of esters is 1. The molecule has 0 aliphatic carbocycles. The highest BCUT2D eigenvalue weighted by molar-refractivity contribution is 5.94. The highest BCUT2D eigenvalue weighted by Gasteiger charge is 2.12. The number of hydrogen-bond donors (Lipinski definition) is 0. The minimum Gasteiger partial charge on any atom is -0.465 e. The zero-order chi connectivity index (χ0) is 14.0. The highest BCUT2D eigenvalue weighted by Crippen LogP contribution is 2.12. The van der Waals surface area contributed by atoms with Crippen molar-refractivity contribution >= 4 is 16.9 Å². The van der Waals surface area contributed by atoms with Crippen LogP contribution in [0.4, 0.5) is 0 Å². The maximum absolute atomic E-state index is 11.6. The third kappa shape index (κ3) is 2.13. The number of nitrogens with zero attached hydrogens (tertiary/aromatic N) is 1. The molecule has 0 unspecified atom stereocenters. The molecule has 19 heavy (non-hydrogen) atoms. The number of ether oxygens (including phenoxy) is 1. The van der Waals surface area contributed by atoms with Crippen molar-refractivity contribution in [1.82, 2.24) is 4.57 Å². The van der Waals surface area contributed by atoms with E-state index in [1.807, 2.05) is 0 Å². The summed E-state index contributed by atoms with van der Waals surface area (Å²) in [5.41, 5.74) is -0.320. The van der Waals surface area contributed by atoms with Crippen molar-refractivity contribution in [3.8, 4) is 12.3 Å². The van der Waals surface area contributed by atoms with Gasteiger partial charge in [0.05, 0.1) is 30.1 Å².